The average molecular weight is 409 g/mol. The summed E-state index contributed by atoms with van der Waals surface area (Å²) in [5.41, 5.74) is 2.11. The number of rotatable bonds is 4. The molecule has 0 bridgehead atoms. The molecule has 1 aliphatic rings. The predicted molar refractivity (Wildman–Crippen MR) is 113 cm³/mol. The van der Waals surface area contributed by atoms with Gasteiger partial charge in [-0.05, 0) is 35.7 Å². The first kappa shape index (κ1) is 19.8. The Morgan fingerprint density at radius 3 is 2.60 bits per heavy atom. The largest absolute Gasteiger partial charge is 0.486 e. The monoisotopic (exact) mass is 409 g/mol. The van der Waals surface area contributed by atoms with Crippen molar-refractivity contribution in [3.8, 4) is 28.4 Å². The van der Waals surface area contributed by atoms with Crippen molar-refractivity contribution in [3.63, 3.8) is 0 Å². The van der Waals surface area contributed by atoms with E-state index in [4.69, 9.17) is 18.6 Å². The van der Waals surface area contributed by atoms with Crippen molar-refractivity contribution in [2.75, 3.05) is 27.3 Å². The van der Waals surface area contributed by atoms with Gasteiger partial charge in [-0.2, -0.15) is 0 Å². The van der Waals surface area contributed by atoms with Crippen LogP contribution in [0.4, 0.5) is 4.79 Å². The Hall–Kier alpha value is -3.48. The van der Waals surface area contributed by atoms with Crippen LogP contribution in [0.5, 0.6) is 17.2 Å². The standard InChI is InChI=1S/C23H23NO6/c1-4-5-15-10-16-20(12-19(15)30-23(26)24(2)3)29-13-17(22(16)25)14-6-7-18-21(11-14)28-9-8-27-18/h6-7,10-13H,4-5,8-9H2,1-3H3. The molecular formula is C23H23NO6. The summed E-state index contributed by atoms with van der Waals surface area (Å²) in [7, 11) is 3.23. The SMILES string of the molecule is CCCc1cc2c(=O)c(-c3ccc4c(c3)OCCO4)coc2cc1OC(=O)N(C)C. The van der Waals surface area contributed by atoms with Crippen molar-refractivity contribution in [2.45, 2.75) is 19.8 Å². The number of carbonyl (C=O) groups is 1. The highest BCUT2D eigenvalue weighted by Gasteiger charge is 2.18. The Morgan fingerprint density at radius 1 is 1.10 bits per heavy atom. The summed E-state index contributed by atoms with van der Waals surface area (Å²) in [5.74, 6) is 1.67. The van der Waals surface area contributed by atoms with E-state index in [1.807, 2.05) is 13.0 Å². The van der Waals surface area contributed by atoms with Gasteiger partial charge in [0.2, 0.25) is 5.43 Å². The van der Waals surface area contributed by atoms with E-state index in [1.54, 1.807) is 38.4 Å². The normalized spacial score (nSPS) is 12.6. The summed E-state index contributed by atoms with van der Waals surface area (Å²) in [5, 5.41) is 0.440. The third-order valence-corrected chi connectivity index (χ3v) is 4.89. The van der Waals surface area contributed by atoms with E-state index in [2.05, 4.69) is 0 Å². The highest BCUT2D eigenvalue weighted by Crippen LogP contribution is 2.34. The van der Waals surface area contributed by atoms with Gasteiger partial charge in [-0.25, -0.2) is 4.79 Å². The van der Waals surface area contributed by atoms with Crippen LogP contribution >= 0.6 is 0 Å². The van der Waals surface area contributed by atoms with Gasteiger partial charge in [0, 0.05) is 20.2 Å². The van der Waals surface area contributed by atoms with E-state index < -0.39 is 6.09 Å². The fraction of sp³-hybridized carbons (Fsp3) is 0.304. The van der Waals surface area contributed by atoms with E-state index in [9.17, 15) is 9.59 Å². The van der Waals surface area contributed by atoms with Crippen LogP contribution in [0.15, 0.2) is 45.8 Å². The number of hydrogen-bond donors (Lipinski definition) is 0. The summed E-state index contributed by atoms with van der Waals surface area (Å²) in [6, 6.07) is 8.75. The van der Waals surface area contributed by atoms with E-state index in [0.717, 1.165) is 12.0 Å². The van der Waals surface area contributed by atoms with Crippen molar-refractivity contribution >= 4 is 17.1 Å². The van der Waals surface area contributed by atoms with Crippen molar-refractivity contribution in [2.24, 2.45) is 0 Å². The molecule has 1 aromatic heterocycles. The van der Waals surface area contributed by atoms with Gasteiger partial charge in [0.15, 0.2) is 11.5 Å². The van der Waals surface area contributed by atoms with Gasteiger partial charge in [0.05, 0.1) is 10.9 Å². The molecule has 2 aromatic carbocycles. The summed E-state index contributed by atoms with van der Waals surface area (Å²) in [4.78, 5) is 26.6. The van der Waals surface area contributed by atoms with E-state index in [0.29, 0.717) is 59.0 Å². The smallest absolute Gasteiger partial charge is 0.414 e. The van der Waals surface area contributed by atoms with E-state index in [1.165, 1.54) is 11.2 Å². The molecule has 7 nitrogen and oxygen atoms in total. The molecule has 0 N–H and O–H groups in total. The number of carbonyl (C=O) groups excluding carboxylic acids is 1. The zero-order chi connectivity index (χ0) is 21.3. The molecule has 0 fully saturated rings. The third-order valence-electron chi connectivity index (χ3n) is 4.89. The molecule has 0 radical (unpaired) electrons. The first-order valence-corrected chi connectivity index (χ1v) is 9.85. The van der Waals surface area contributed by atoms with Gasteiger partial charge >= 0.3 is 6.09 Å². The third kappa shape index (κ3) is 3.70. The van der Waals surface area contributed by atoms with Crippen LogP contribution in [0.2, 0.25) is 0 Å². The van der Waals surface area contributed by atoms with Crippen LogP contribution in [0.25, 0.3) is 22.1 Å². The fourth-order valence-corrected chi connectivity index (χ4v) is 3.36. The number of aryl methyl sites for hydroxylation is 1. The molecule has 7 heteroatoms. The van der Waals surface area contributed by atoms with Crippen LogP contribution in [0.1, 0.15) is 18.9 Å². The second-order valence-corrected chi connectivity index (χ2v) is 7.31. The fourth-order valence-electron chi connectivity index (χ4n) is 3.36. The summed E-state index contributed by atoms with van der Waals surface area (Å²) >= 11 is 0. The Labute approximate surface area is 173 Å². The van der Waals surface area contributed by atoms with Gasteiger partial charge in [-0.1, -0.05) is 19.4 Å². The lowest BCUT2D eigenvalue weighted by Crippen LogP contribution is -2.25. The molecule has 0 unspecified atom stereocenters. The maximum absolute atomic E-state index is 13.2. The quantitative estimate of drug-likeness (QED) is 0.641. The van der Waals surface area contributed by atoms with Crippen LogP contribution in [-0.2, 0) is 6.42 Å². The van der Waals surface area contributed by atoms with Crippen LogP contribution in [-0.4, -0.2) is 38.3 Å². The van der Waals surface area contributed by atoms with Gasteiger partial charge in [0.25, 0.3) is 0 Å². The van der Waals surface area contributed by atoms with Crippen LogP contribution in [0, 0.1) is 0 Å². The molecule has 1 aliphatic heterocycles. The molecule has 0 aliphatic carbocycles. The molecule has 4 rings (SSSR count). The van der Waals surface area contributed by atoms with Crippen molar-refractivity contribution in [1.29, 1.82) is 0 Å². The van der Waals surface area contributed by atoms with Crippen LogP contribution in [0.3, 0.4) is 0 Å². The Bertz CT molecular complexity index is 1160. The van der Waals surface area contributed by atoms with Crippen molar-refractivity contribution < 1.29 is 23.4 Å². The second-order valence-electron chi connectivity index (χ2n) is 7.31. The molecular weight excluding hydrogens is 386 g/mol. The number of hydrogen-bond acceptors (Lipinski definition) is 6. The minimum Gasteiger partial charge on any atom is -0.486 e. The summed E-state index contributed by atoms with van der Waals surface area (Å²) < 4.78 is 22.4. The van der Waals surface area contributed by atoms with E-state index >= 15 is 0 Å². The number of amides is 1. The number of nitrogens with zero attached hydrogens (tertiary/aromatic N) is 1. The number of ether oxygens (including phenoxy) is 3. The molecule has 30 heavy (non-hydrogen) atoms. The number of benzene rings is 2. The topological polar surface area (TPSA) is 78.2 Å². The van der Waals surface area contributed by atoms with Gasteiger partial charge in [0.1, 0.15) is 30.8 Å². The molecule has 156 valence electrons. The van der Waals surface area contributed by atoms with Gasteiger partial charge < -0.3 is 23.5 Å². The minimum absolute atomic E-state index is 0.157. The van der Waals surface area contributed by atoms with Crippen molar-refractivity contribution in [3.05, 3.63) is 52.4 Å². The maximum atomic E-state index is 13.2. The molecule has 0 spiro atoms. The lowest BCUT2D eigenvalue weighted by atomic mass is 10.0. The molecule has 0 atom stereocenters. The van der Waals surface area contributed by atoms with Crippen LogP contribution < -0.4 is 19.6 Å². The molecule has 3 aromatic rings. The number of fused-ring (bicyclic) bond motifs is 2. The Kier molecular flexibility index (Phi) is 5.35. The zero-order valence-corrected chi connectivity index (χ0v) is 17.2. The predicted octanol–water partition coefficient (Wildman–Crippen LogP) is 4.24. The summed E-state index contributed by atoms with van der Waals surface area (Å²) in [6.07, 6.45) is 2.44. The molecule has 0 saturated carbocycles. The zero-order valence-electron chi connectivity index (χ0n) is 17.2. The van der Waals surface area contributed by atoms with E-state index in [-0.39, 0.29) is 5.43 Å². The van der Waals surface area contributed by atoms with Gasteiger partial charge in [-0.3, -0.25) is 4.79 Å². The minimum atomic E-state index is -0.484. The molecule has 0 saturated heterocycles. The Morgan fingerprint density at radius 2 is 1.87 bits per heavy atom. The maximum Gasteiger partial charge on any atom is 0.414 e. The lowest BCUT2D eigenvalue weighted by molar-refractivity contribution is 0.171. The summed E-state index contributed by atoms with van der Waals surface area (Å²) in [6.45, 7) is 3.00. The Balaban J connectivity index is 1.80. The first-order chi connectivity index (χ1) is 14.5. The molecule has 2 heterocycles. The average Bonchev–Trinajstić information content (AvgIpc) is 2.74. The highest BCUT2D eigenvalue weighted by molar-refractivity contribution is 5.85. The van der Waals surface area contributed by atoms with Gasteiger partial charge in [-0.15, -0.1) is 0 Å². The van der Waals surface area contributed by atoms with Crippen molar-refractivity contribution in [1.82, 2.24) is 4.90 Å². The highest BCUT2D eigenvalue weighted by atomic mass is 16.6. The lowest BCUT2D eigenvalue weighted by Gasteiger charge is -2.18. The molecule has 1 amide bonds. The first-order valence-electron chi connectivity index (χ1n) is 9.85. The second kappa shape index (κ2) is 8.10.